The van der Waals surface area contributed by atoms with E-state index in [9.17, 15) is 34.2 Å². The predicted octanol–water partition coefficient (Wildman–Crippen LogP) is 1.22. The molecule has 0 aliphatic heterocycles. The van der Waals surface area contributed by atoms with Gasteiger partial charge in [0.05, 0.1) is 26.2 Å². The van der Waals surface area contributed by atoms with Gasteiger partial charge in [0.15, 0.2) is 0 Å². The van der Waals surface area contributed by atoms with Gasteiger partial charge in [0.2, 0.25) is 23.6 Å². The van der Waals surface area contributed by atoms with Crippen molar-refractivity contribution in [3.05, 3.63) is 83.9 Å². The second-order valence-electron chi connectivity index (χ2n) is 10.9. The third-order valence-corrected chi connectivity index (χ3v) is 7.94. The van der Waals surface area contributed by atoms with Crippen molar-refractivity contribution in [3.63, 3.8) is 0 Å². The Hall–Kier alpha value is -5.08. The van der Waals surface area contributed by atoms with E-state index < -0.39 is 60.8 Å². The largest absolute Gasteiger partial charge is 0.508 e. The highest BCUT2D eigenvalue weighted by Crippen LogP contribution is 2.23. The van der Waals surface area contributed by atoms with E-state index in [2.05, 4.69) is 21.3 Å². The Morgan fingerprint density at radius 1 is 0.750 bits per heavy atom. The molecule has 0 unspecified atom stereocenters. The zero-order valence-corrected chi connectivity index (χ0v) is 27.5. The summed E-state index contributed by atoms with van der Waals surface area (Å²) in [6.45, 7) is -0.932. The van der Waals surface area contributed by atoms with Crippen LogP contribution in [-0.2, 0) is 36.8 Å². The standard InChI is InChI=1S/C34H41N5O8S/c1-47-26-13-9-24(10-14-26)23-7-3-22(4-8-23)18-29(33(44)39-28(34(45)46)15-16-48-2)38-31(42)20-36-30(41)19-37-32(43)27(35)17-21-5-11-25(40)12-6-21/h3-14,27-29,40H,15-20,35H2,1-2H3,(H,36,41)(H,37,43)(H,38,42)(H,39,44)(H,45,46)/t27-,28-,29-/m0/s1. The monoisotopic (exact) mass is 679 g/mol. The minimum Gasteiger partial charge on any atom is -0.508 e. The van der Waals surface area contributed by atoms with Gasteiger partial charge in [-0.1, -0.05) is 48.5 Å². The SMILES string of the molecule is COc1ccc(-c2ccc(C[C@H](NC(=O)CNC(=O)CNC(=O)[C@@H](N)Cc3ccc(O)cc3)C(=O)N[C@@H](CCSC)C(=O)O)cc2)cc1. The Bertz CT molecular complexity index is 1530. The number of benzene rings is 3. The lowest BCUT2D eigenvalue weighted by molar-refractivity contribution is -0.142. The molecule has 3 atom stereocenters. The van der Waals surface area contributed by atoms with Crippen molar-refractivity contribution in [1.82, 2.24) is 21.3 Å². The molecule has 3 rings (SSSR count). The maximum Gasteiger partial charge on any atom is 0.326 e. The van der Waals surface area contributed by atoms with Gasteiger partial charge in [-0.3, -0.25) is 19.2 Å². The van der Waals surface area contributed by atoms with Crippen LogP contribution in [0.25, 0.3) is 11.1 Å². The average molecular weight is 680 g/mol. The number of phenolic OH excluding ortho intramolecular Hbond substituents is 1. The first kappa shape index (κ1) is 37.4. The fourth-order valence-electron chi connectivity index (χ4n) is 4.59. The summed E-state index contributed by atoms with van der Waals surface area (Å²) in [7, 11) is 1.59. The zero-order valence-electron chi connectivity index (χ0n) is 26.7. The van der Waals surface area contributed by atoms with E-state index in [4.69, 9.17) is 10.5 Å². The molecule has 0 spiro atoms. The van der Waals surface area contributed by atoms with E-state index in [-0.39, 0.29) is 25.0 Å². The highest BCUT2D eigenvalue weighted by atomic mass is 32.2. The number of rotatable bonds is 18. The minimum atomic E-state index is -1.19. The summed E-state index contributed by atoms with van der Waals surface area (Å²) >= 11 is 1.44. The number of carboxylic acids is 1. The van der Waals surface area contributed by atoms with E-state index in [1.165, 1.54) is 23.9 Å². The van der Waals surface area contributed by atoms with Gasteiger partial charge in [0, 0.05) is 6.42 Å². The third kappa shape index (κ3) is 12.3. The summed E-state index contributed by atoms with van der Waals surface area (Å²) in [5, 5.41) is 28.9. The van der Waals surface area contributed by atoms with Crippen LogP contribution in [0.15, 0.2) is 72.8 Å². The first-order valence-corrected chi connectivity index (χ1v) is 16.5. The zero-order chi connectivity index (χ0) is 35.1. The number of nitrogens with two attached hydrogens (primary N) is 1. The third-order valence-electron chi connectivity index (χ3n) is 7.29. The molecule has 3 aromatic carbocycles. The van der Waals surface area contributed by atoms with Crippen LogP contribution >= 0.6 is 11.8 Å². The molecular weight excluding hydrogens is 638 g/mol. The number of hydrogen-bond acceptors (Lipinski definition) is 9. The number of carbonyl (C=O) groups is 5. The van der Waals surface area contributed by atoms with Gasteiger partial charge in [0.1, 0.15) is 23.6 Å². The summed E-state index contributed by atoms with van der Waals surface area (Å²) in [6, 6.07) is 17.9. The minimum absolute atomic E-state index is 0.0538. The Morgan fingerprint density at radius 2 is 1.31 bits per heavy atom. The molecule has 0 saturated heterocycles. The molecule has 0 aromatic heterocycles. The fraction of sp³-hybridized carbons (Fsp3) is 0.324. The molecule has 48 heavy (non-hydrogen) atoms. The lowest BCUT2D eigenvalue weighted by Gasteiger charge is -2.22. The fourth-order valence-corrected chi connectivity index (χ4v) is 5.06. The van der Waals surface area contributed by atoms with Crippen LogP contribution < -0.4 is 31.7 Å². The summed E-state index contributed by atoms with van der Waals surface area (Å²) in [5.74, 6) is -2.49. The number of amides is 4. The molecule has 13 nitrogen and oxygen atoms in total. The van der Waals surface area contributed by atoms with Gasteiger partial charge >= 0.3 is 5.97 Å². The molecule has 256 valence electrons. The number of carboxylic acid groups (broad SMARTS) is 1. The van der Waals surface area contributed by atoms with Crippen LogP contribution in [0.1, 0.15) is 17.5 Å². The summed E-state index contributed by atoms with van der Waals surface area (Å²) in [6.07, 6.45) is 2.26. The number of nitrogens with one attached hydrogen (secondary N) is 4. The molecule has 0 saturated carbocycles. The smallest absolute Gasteiger partial charge is 0.326 e. The van der Waals surface area contributed by atoms with Crippen LogP contribution in [0.5, 0.6) is 11.5 Å². The molecule has 0 aliphatic carbocycles. The van der Waals surface area contributed by atoms with Crippen LogP contribution in [-0.4, -0.2) is 90.1 Å². The van der Waals surface area contributed by atoms with Crippen molar-refractivity contribution in [1.29, 1.82) is 0 Å². The lowest BCUT2D eigenvalue weighted by atomic mass is 10.00. The van der Waals surface area contributed by atoms with E-state index in [0.717, 1.165) is 22.4 Å². The number of hydrogen-bond donors (Lipinski definition) is 7. The first-order valence-electron chi connectivity index (χ1n) is 15.1. The van der Waals surface area contributed by atoms with E-state index >= 15 is 0 Å². The van der Waals surface area contributed by atoms with Gasteiger partial charge in [-0.15, -0.1) is 0 Å². The summed E-state index contributed by atoms with van der Waals surface area (Å²) in [5.41, 5.74) is 9.23. The van der Waals surface area contributed by atoms with Crippen molar-refractivity contribution in [2.24, 2.45) is 5.73 Å². The normalized spacial score (nSPS) is 12.6. The Balaban J connectivity index is 1.59. The second kappa shape index (κ2) is 18.9. The van der Waals surface area contributed by atoms with Gasteiger partial charge in [-0.05, 0) is 71.4 Å². The van der Waals surface area contributed by atoms with Gasteiger partial charge in [-0.25, -0.2) is 4.79 Å². The number of carbonyl (C=O) groups excluding carboxylic acids is 4. The predicted molar refractivity (Wildman–Crippen MR) is 182 cm³/mol. The van der Waals surface area contributed by atoms with Gasteiger partial charge in [0.25, 0.3) is 0 Å². The number of aliphatic carboxylic acids is 1. The molecule has 0 aliphatic rings. The van der Waals surface area contributed by atoms with E-state index in [1.807, 2.05) is 54.8 Å². The number of ether oxygens (including phenoxy) is 1. The molecule has 4 amide bonds. The molecule has 3 aromatic rings. The Kier molecular flexibility index (Phi) is 14.7. The van der Waals surface area contributed by atoms with Crippen molar-refractivity contribution >= 4 is 41.4 Å². The van der Waals surface area contributed by atoms with Crippen molar-refractivity contribution in [2.45, 2.75) is 37.4 Å². The molecule has 0 heterocycles. The van der Waals surface area contributed by atoms with Crippen LogP contribution in [0.4, 0.5) is 0 Å². The molecule has 0 radical (unpaired) electrons. The van der Waals surface area contributed by atoms with Crippen LogP contribution in [0.2, 0.25) is 0 Å². The van der Waals surface area contributed by atoms with Crippen LogP contribution in [0, 0.1) is 0 Å². The maximum absolute atomic E-state index is 13.3. The lowest BCUT2D eigenvalue weighted by Crippen LogP contribution is -2.54. The number of methoxy groups -OCH3 is 1. The van der Waals surface area contributed by atoms with Gasteiger partial charge < -0.3 is 42.0 Å². The first-order chi connectivity index (χ1) is 23.0. The van der Waals surface area contributed by atoms with Crippen LogP contribution in [0.3, 0.4) is 0 Å². The molecular formula is C34H41N5O8S. The number of aromatic hydroxyl groups is 1. The second-order valence-corrected chi connectivity index (χ2v) is 11.9. The topological polar surface area (TPSA) is 209 Å². The summed E-state index contributed by atoms with van der Waals surface area (Å²) in [4.78, 5) is 62.6. The van der Waals surface area contributed by atoms with Crippen molar-refractivity contribution in [3.8, 4) is 22.6 Å². The highest BCUT2D eigenvalue weighted by molar-refractivity contribution is 7.98. The maximum atomic E-state index is 13.3. The number of phenols is 1. The quantitative estimate of drug-likeness (QED) is 0.102. The molecule has 0 bridgehead atoms. The summed E-state index contributed by atoms with van der Waals surface area (Å²) < 4.78 is 5.21. The van der Waals surface area contributed by atoms with E-state index in [1.54, 1.807) is 19.2 Å². The molecule has 8 N–H and O–H groups in total. The molecule has 14 heteroatoms. The average Bonchev–Trinajstić information content (AvgIpc) is 3.08. The number of thioether (sulfide) groups is 1. The van der Waals surface area contributed by atoms with E-state index in [0.29, 0.717) is 11.3 Å². The Morgan fingerprint density at radius 3 is 1.90 bits per heavy atom. The molecule has 0 fully saturated rings. The van der Waals surface area contributed by atoms with Crippen molar-refractivity contribution < 1.29 is 38.9 Å². The van der Waals surface area contributed by atoms with Crippen molar-refractivity contribution in [2.75, 3.05) is 32.2 Å². The Labute approximate surface area is 283 Å². The highest BCUT2D eigenvalue weighted by Gasteiger charge is 2.27. The van der Waals surface area contributed by atoms with Gasteiger partial charge in [-0.2, -0.15) is 11.8 Å².